The van der Waals surface area contributed by atoms with E-state index < -0.39 is 0 Å². The highest BCUT2D eigenvalue weighted by molar-refractivity contribution is 5.76. The molecule has 162 valence electrons. The lowest BCUT2D eigenvalue weighted by Gasteiger charge is -2.29. The minimum absolute atomic E-state index is 0.0905. The maximum atomic E-state index is 13.1. The standard InChI is InChI=1S/C25H29N3O3/c1-17(2)24-14-23(18-5-8-21(30-3)9-6-18)26-28(24)16-25(29)27-12-11-19-13-22(31-4)10-7-20(19)15-27/h5-10,13-14,17H,11-12,15-16H2,1-4H3. The minimum atomic E-state index is 0.0905. The average Bonchev–Trinajstić information content (AvgIpc) is 3.22. The Labute approximate surface area is 183 Å². The summed E-state index contributed by atoms with van der Waals surface area (Å²) < 4.78 is 12.4. The number of ether oxygens (including phenoxy) is 2. The van der Waals surface area contributed by atoms with E-state index >= 15 is 0 Å². The Morgan fingerprint density at radius 2 is 1.71 bits per heavy atom. The lowest BCUT2D eigenvalue weighted by Crippen LogP contribution is -2.38. The molecule has 0 atom stereocenters. The number of methoxy groups -OCH3 is 2. The third kappa shape index (κ3) is 4.43. The van der Waals surface area contributed by atoms with E-state index in [1.807, 2.05) is 39.9 Å². The number of hydrogen-bond donors (Lipinski definition) is 0. The van der Waals surface area contributed by atoms with E-state index in [4.69, 9.17) is 14.6 Å². The summed E-state index contributed by atoms with van der Waals surface area (Å²) in [4.78, 5) is 15.1. The predicted molar refractivity (Wildman–Crippen MR) is 120 cm³/mol. The first-order chi connectivity index (χ1) is 15.0. The van der Waals surface area contributed by atoms with E-state index in [0.29, 0.717) is 13.1 Å². The zero-order valence-corrected chi connectivity index (χ0v) is 18.6. The number of carbonyl (C=O) groups excluding carboxylic acids is 1. The highest BCUT2D eigenvalue weighted by Gasteiger charge is 2.23. The monoisotopic (exact) mass is 419 g/mol. The van der Waals surface area contributed by atoms with Crippen LogP contribution in [0.15, 0.2) is 48.5 Å². The molecule has 1 aromatic heterocycles. The van der Waals surface area contributed by atoms with Gasteiger partial charge in [-0.1, -0.05) is 19.9 Å². The zero-order valence-electron chi connectivity index (χ0n) is 18.6. The number of aromatic nitrogens is 2. The molecule has 6 heteroatoms. The second-order valence-electron chi connectivity index (χ2n) is 8.20. The lowest BCUT2D eigenvalue weighted by atomic mass is 9.99. The van der Waals surface area contributed by atoms with Gasteiger partial charge in [0.2, 0.25) is 5.91 Å². The van der Waals surface area contributed by atoms with Crippen molar-refractivity contribution in [3.63, 3.8) is 0 Å². The van der Waals surface area contributed by atoms with Crippen LogP contribution in [0.1, 0.15) is 36.6 Å². The summed E-state index contributed by atoms with van der Waals surface area (Å²) in [6.07, 6.45) is 0.839. The van der Waals surface area contributed by atoms with Crippen molar-refractivity contribution in [1.82, 2.24) is 14.7 Å². The van der Waals surface area contributed by atoms with Gasteiger partial charge >= 0.3 is 0 Å². The molecule has 0 bridgehead atoms. The van der Waals surface area contributed by atoms with Crippen LogP contribution in [-0.4, -0.2) is 41.4 Å². The molecule has 1 aliphatic heterocycles. The molecule has 3 aromatic rings. The van der Waals surface area contributed by atoms with Crippen LogP contribution in [-0.2, 0) is 24.3 Å². The molecule has 2 aromatic carbocycles. The summed E-state index contributed by atoms with van der Waals surface area (Å²) >= 11 is 0. The normalized spacial score (nSPS) is 13.3. The fraction of sp³-hybridized carbons (Fsp3) is 0.360. The first kappa shape index (κ1) is 21.0. The average molecular weight is 420 g/mol. The molecular formula is C25H29N3O3. The molecule has 4 rings (SSSR count). The Hall–Kier alpha value is -3.28. The molecule has 1 aliphatic rings. The largest absolute Gasteiger partial charge is 0.497 e. The van der Waals surface area contributed by atoms with Gasteiger partial charge in [0, 0.05) is 24.3 Å². The molecule has 0 fully saturated rings. The quantitative estimate of drug-likeness (QED) is 0.599. The van der Waals surface area contributed by atoms with E-state index in [-0.39, 0.29) is 18.4 Å². The molecule has 2 heterocycles. The van der Waals surface area contributed by atoms with Crippen molar-refractivity contribution in [2.75, 3.05) is 20.8 Å². The molecule has 0 aliphatic carbocycles. The highest BCUT2D eigenvalue weighted by atomic mass is 16.5. The topological polar surface area (TPSA) is 56.6 Å². The van der Waals surface area contributed by atoms with E-state index in [0.717, 1.165) is 34.9 Å². The maximum Gasteiger partial charge on any atom is 0.244 e. The van der Waals surface area contributed by atoms with E-state index in [9.17, 15) is 4.79 Å². The first-order valence-corrected chi connectivity index (χ1v) is 10.6. The van der Waals surface area contributed by atoms with Crippen LogP contribution < -0.4 is 9.47 Å². The minimum Gasteiger partial charge on any atom is -0.497 e. The number of amides is 1. The van der Waals surface area contributed by atoms with Gasteiger partial charge < -0.3 is 14.4 Å². The zero-order chi connectivity index (χ0) is 22.0. The van der Waals surface area contributed by atoms with Gasteiger partial charge in [-0.3, -0.25) is 9.48 Å². The van der Waals surface area contributed by atoms with Gasteiger partial charge in [-0.05, 0) is 65.9 Å². The van der Waals surface area contributed by atoms with Gasteiger partial charge in [0.15, 0.2) is 0 Å². The molecule has 0 unspecified atom stereocenters. The van der Waals surface area contributed by atoms with Gasteiger partial charge in [0.1, 0.15) is 18.0 Å². The first-order valence-electron chi connectivity index (χ1n) is 10.6. The summed E-state index contributed by atoms with van der Waals surface area (Å²) in [5.74, 6) is 2.03. The van der Waals surface area contributed by atoms with Crippen LogP contribution in [0.4, 0.5) is 0 Å². The third-order valence-electron chi connectivity index (χ3n) is 5.85. The number of benzene rings is 2. The Balaban J connectivity index is 1.52. The number of fused-ring (bicyclic) bond motifs is 1. The van der Waals surface area contributed by atoms with Crippen LogP contribution in [0.5, 0.6) is 11.5 Å². The molecule has 0 spiro atoms. The van der Waals surface area contributed by atoms with Crippen molar-refractivity contribution in [2.45, 2.75) is 39.3 Å². The molecule has 31 heavy (non-hydrogen) atoms. The van der Waals surface area contributed by atoms with Gasteiger partial charge in [-0.15, -0.1) is 0 Å². The van der Waals surface area contributed by atoms with Crippen molar-refractivity contribution >= 4 is 5.91 Å². The number of hydrogen-bond acceptors (Lipinski definition) is 4. The van der Waals surface area contributed by atoms with Crippen LogP contribution in [0.2, 0.25) is 0 Å². The molecule has 0 saturated heterocycles. The van der Waals surface area contributed by atoms with Gasteiger partial charge in [0.05, 0.1) is 19.9 Å². The van der Waals surface area contributed by atoms with Crippen molar-refractivity contribution in [2.24, 2.45) is 0 Å². The van der Waals surface area contributed by atoms with Crippen molar-refractivity contribution in [3.8, 4) is 22.8 Å². The molecule has 0 radical (unpaired) electrons. The van der Waals surface area contributed by atoms with Gasteiger partial charge in [0.25, 0.3) is 0 Å². The number of rotatable bonds is 6. The van der Waals surface area contributed by atoms with Crippen LogP contribution >= 0.6 is 0 Å². The van der Waals surface area contributed by atoms with Gasteiger partial charge in [-0.2, -0.15) is 5.10 Å². The van der Waals surface area contributed by atoms with Crippen LogP contribution in [0, 0.1) is 0 Å². The van der Waals surface area contributed by atoms with Crippen LogP contribution in [0.25, 0.3) is 11.3 Å². The summed E-state index contributed by atoms with van der Waals surface area (Å²) in [6.45, 7) is 5.83. The van der Waals surface area contributed by atoms with Crippen molar-refractivity contribution < 1.29 is 14.3 Å². The fourth-order valence-corrected chi connectivity index (χ4v) is 4.02. The smallest absolute Gasteiger partial charge is 0.244 e. The molecule has 6 nitrogen and oxygen atoms in total. The molecular weight excluding hydrogens is 390 g/mol. The Kier molecular flexibility index (Phi) is 5.98. The Morgan fingerprint density at radius 3 is 2.39 bits per heavy atom. The summed E-state index contributed by atoms with van der Waals surface area (Å²) in [5, 5.41) is 4.77. The maximum absolute atomic E-state index is 13.1. The van der Waals surface area contributed by atoms with Crippen molar-refractivity contribution in [3.05, 3.63) is 65.4 Å². The molecule has 0 N–H and O–H groups in total. The van der Waals surface area contributed by atoms with Gasteiger partial charge in [-0.25, -0.2) is 0 Å². The highest BCUT2D eigenvalue weighted by Crippen LogP contribution is 2.27. The van der Waals surface area contributed by atoms with Crippen LogP contribution in [0.3, 0.4) is 0 Å². The second kappa shape index (κ2) is 8.84. The fourth-order valence-electron chi connectivity index (χ4n) is 4.02. The second-order valence-corrected chi connectivity index (χ2v) is 8.20. The summed E-state index contributed by atoms with van der Waals surface area (Å²) in [7, 11) is 3.33. The lowest BCUT2D eigenvalue weighted by molar-refractivity contribution is -0.133. The number of nitrogens with zero attached hydrogens (tertiary/aromatic N) is 3. The molecule has 0 saturated carbocycles. The van der Waals surface area contributed by atoms with E-state index in [2.05, 4.69) is 32.0 Å². The van der Waals surface area contributed by atoms with Crippen molar-refractivity contribution in [1.29, 1.82) is 0 Å². The third-order valence-corrected chi connectivity index (χ3v) is 5.85. The summed E-state index contributed by atoms with van der Waals surface area (Å²) in [6, 6.07) is 16.0. The Bertz CT molecular complexity index is 1070. The Morgan fingerprint density at radius 1 is 1.00 bits per heavy atom. The SMILES string of the molecule is COc1ccc(-c2cc(C(C)C)n(CC(=O)N3CCc4cc(OC)ccc4C3)n2)cc1. The molecule has 1 amide bonds. The summed E-state index contributed by atoms with van der Waals surface area (Å²) in [5.41, 5.74) is 5.38. The predicted octanol–water partition coefficient (Wildman–Crippen LogP) is 4.28. The van der Waals surface area contributed by atoms with E-state index in [1.165, 1.54) is 11.1 Å². The number of carbonyl (C=O) groups is 1. The van der Waals surface area contributed by atoms with E-state index in [1.54, 1.807) is 14.2 Å².